The fraction of sp³-hybridized carbons (Fsp3) is 0.154. The summed E-state index contributed by atoms with van der Waals surface area (Å²) in [6, 6.07) is 7.64. The van der Waals surface area contributed by atoms with E-state index < -0.39 is 0 Å². The van der Waals surface area contributed by atoms with E-state index in [1.807, 2.05) is 34.5 Å². The van der Waals surface area contributed by atoms with Crippen LogP contribution in [-0.2, 0) is 0 Å². The van der Waals surface area contributed by atoms with Gasteiger partial charge in [0.05, 0.1) is 5.69 Å². The van der Waals surface area contributed by atoms with Crippen molar-refractivity contribution in [3.63, 3.8) is 0 Å². The normalized spacial score (nSPS) is 14.3. The predicted molar refractivity (Wildman–Crippen MR) is 85.3 cm³/mol. The van der Waals surface area contributed by atoms with Gasteiger partial charge < -0.3 is 10.6 Å². The number of nitrogens with two attached hydrogens (primary N) is 1. The van der Waals surface area contributed by atoms with Crippen molar-refractivity contribution in [1.29, 1.82) is 0 Å². The number of nitrogen functional groups attached to an aromatic ring is 1. The number of anilines is 2. The van der Waals surface area contributed by atoms with Gasteiger partial charge in [0.1, 0.15) is 4.88 Å². The summed E-state index contributed by atoms with van der Waals surface area (Å²) in [7, 11) is 0. The first kappa shape index (κ1) is 13.0. The fourth-order valence-electron chi connectivity index (χ4n) is 2.01. The summed E-state index contributed by atoms with van der Waals surface area (Å²) >= 11 is 6.64. The quantitative estimate of drug-likeness (QED) is 0.791. The van der Waals surface area contributed by atoms with Gasteiger partial charge in [-0.05, 0) is 45.6 Å². The maximum atomic E-state index is 12.6. The van der Waals surface area contributed by atoms with E-state index in [2.05, 4.69) is 15.9 Å². The van der Waals surface area contributed by atoms with Gasteiger partial charge in [0.2, 0.25) is 0 Å². The van der Waals surface area contributed by atoms with Crippen LogP contribution in [0.4, 0.5) is 11.4 Å². The monoisotopic (exact) mass is 354 g/mol. The lowest BCUT2D eigenvalue weighted by Gasteiger charge is -2.29. The summed E-state index contributed by atoms with van der Waals surface area (Å²) in [5, 5.41) is 1.91. The van der Waals surface area contributed by atoms with Gasteiger partial charge in [-0.1, -0.05) is 0 Å². The zero-order valence-electron chi connectivity index (χ0n) is 9.93. The molecule has 0 spiro atoms. The van der Waals surface area contributed by atoms with Crippen molar-refractivity contribution in [1.82, 2.24) is 0 Å². The minimum atomic E-state index is 0.0361. The summed E-state index contributed by atoms with van der Waals surface area (Å²) < 4.78 is 0.853. The van der Waals surface area contributed by atoms with Gasteiger partial charge >= 0.3 is 0 Å². The molecule has 0 unspecified atom stereocenters. The molecule has 1 aromatic heterocycles. The van der Waals surface area contributed by atoms with Crippen LogP contribution in [0, 0.1) is 0 Å². The number of hydrogen-bond donors (Lipinski definition) is 1. The van der Waals surface area contributed by atoms with Gasteiger partial charge in [-0.15, -0.1) is 23.1 Å². The Morgan fingerprint density at radius 2 is 2.21 bits per heavy atom. The highest BCUT2D eigenvalue weighted by molar-refractivity contribution is 9.10. The number of carbonyl (C=O) groups excluding carboxylic acids is 1. The Morgan fingerprint density at radius 3 is 2.95 bits per heavy atom. The van der Waals surface area contributed by atoms with E-state index in [9.17, 15) is 4.79 Å². The van der Waals surface area contributed by atoms with Crippen LogP contribution in [0.3, 0.4) is 0 Å². The van der Waals surface area contributed by atoms with Crippen molar-refractivity contribution in [3.05, 3.63) is 39.0 Å². The average molecular weight is 355 g/mol. The smallest absolute Gasteiger partial charge is 0.269 e. The molecule has 1 aliphatic heterocycles. The Morgan fingerprint density at radius 1 is 1.37 bits per heavy atom. The zero-order chi connectivity index (χ0) is 13.4. The van der Waals surface area contributed by atoms with Crippen molar-refractivity contribution < 1.29 is 4.79 Å². The number of nitrogens with zero attached hydrogens (tertiary/aromatic N) is 1. The lowest BCUT2D eigenvalue weighted by atomic mass is 10.2. The second kappa shape index (κ2) is 5.19. The summed E-state index contributed by atoms with van der Waals surface area (Å²) in [4.78, 5) is 16.3. The molecule has 2 heterocycles. The largest absolute Gasteiger partial charge is 0.399 e. The third-order valence-electron chi connectivity index (χ3n) is 2.90. The number of benzene rings is 1. The van der Waals surface area contributed by atoms with Gasteiger partial charge in [-0.2, -0.15) is 0 Å². The van der Waals surface area contributed by atoms with Crippen LogP contribution in [0.2, 0.25) is 0 Å². The molecule has 0 atom stereocenters. The maximum absolute atomic E-state index is 12.6. The highest BCUT2D eigenvalue weighted by Crippen LogP contribution is 2.37. The first-order valence-corrected chi connectivity index (χ1v) is 8.40. The third-order valence-corrected chi connectivity index (χ3v) is 5.77. The molecule has 2 N–H and O–H groups in total. The molecular weight excluding hydrogens is 344 g/mol. The van der Waals surface area contributed by atoms with Crippen molar-refractivity contribution in [2.24, 2.45) is 0 Å². The lowest BCUT2D eigenvalue weighted by molar-refractivity contribution is 0.0991. The van der Waals surface area contributed by atoms with Crippen molar-refractivity contribution in [3.8, 4) is 0 Å². The molecule has 19 heavy (non-hydrogen) atoms. The molecule has 1 amide bonds. The van der Waals surface area contributed by atoms with Crippen LogP contribution in [0.15, 0.2) is 39.0 Å². The molecule has 1 aliphatic rings. The van der Waals surface area contributed by atoms with E-state index in [4.69, 9.17) is 5.73 Å². The lowest BCUT2D eigenvalue weighted by Crippen LogP contribution is -2.35. The Balaban J connectivity index is 2.02. The first-order chi connectivity index (χ1) is 9.16. The van der Waals surface area contributed by atoms with Gasteiger partial charge in [-0.25, -0.2) is 0 Å². The van der Waals surface area contributed by atoms with Crippen molar-refractivity contribution in [2.75, 3.05) is 22.9 Å². The van der Waals surface area contributed by atoms with Crippen LogP contribution < -0.4 is 10.6 Å². The standard InChI is InChI=1S/C13H11BrN2OS2/c14-9-3-5-19-12(9)13(17)16-4-6-18-11-2-1-8(15)7-10(11)16/h1-3,5,7H,4,6,15H2. The van der Waals surface area contributed by atoms with Gasteiger partial charge in [0, 0.05) is 27.4 Å². The maximum Gasteiger partial charge on any atom is 0.269 e. The highest BCUT2D eigenvalue weighted by atomic mass is 79.9. The number of fused-ring (bicyclic) bond motifs is 1. The second-order valence-corrected chi connectivity index (χ2v) is 7.04. The summed E-state index contributed by atoms with van der Waals surface area (Å²) in [6.07, 6.45) is 0. The van der Waals surface area contributed by atoms with Crippen molar-refractivity contribution >= 4 is 56.3 Å². The number of carbonyl (C=O) groups is 1. The predicted octanol–water partition coefficient (Wildman–Crippen LogP) is 3.85. The molecule has 0 fully saturated rings. The highest BCUT2D eigenvalue weighted by Gasteiger charge is 2.26. The SMILES string of the molecule is Nc1ccc2c(c1)N(C(=O)c1sccc1Br)CCS2. The van der Waals surface area contributed by atoms with Gasteiger partial charge in [0.25, 0.3) is 5.91 Å². The molecule has 98 valence electrons. The van der Waals surface area contributed by atoms with E-state index >= 15 is 0 Å². The van der Waals surface area contributed by atoms with Gasteiger partial charge in [-0.3, -0.25) is 4.79 Å². The van der Waals surface area contributed by atoms with Gasteiger partial charge in [0.15, 0.2) is 0 Å². The summed E-state index contributed by atoms with van der Waals surface area (Å²) in [5.41, 5.74) is 7.44. The topological polar surface area (TPSA) is 46.3 Å². The summed E-state index contributed by atoms with van der Waals surface area (Å²) in [5.74, 6) is 0.945. The van der Waals surface area contributed by atoms with Crippen LogP contribution in [-0.4, -0.2) is 18.2 Å². The number of rotatable bonds is 1. The Kier molecular flexibility index (Phi) is 3.56. The summed E-state index contributed by atoms with van der Waals surface area (Å²) in [6.45, 7) is 0.713. The second-order valence-electron chi connectivity index (χ2n) is 4.13. The molecular formula is C13H11BrN2OS2. The van der Waals surface area contributed by atoms with Crippen LogP contribution >= 0.6 is 39.0 Å². The molecule has 2 aromatic rings. The first-order valence-electron chi connectivity index (χ1n) is 5.74. The van der Waals surface area contributed by atoms with Crippen molar-refractivity contribution in [2.45, 2.75) is 4.90 Å². The molecule has 0 radical (unpaired) electrons. The number of thiophene rings is 1. The number of thioether (sulfide) groups is 1. The Bertz CT molecular complexity index is 641. The van der Waals surface area contributed by atoms with E-state index in [0.717, 1.165) is 25.7 Å². The third kappa shape index (κ3) is 2.40. The average Bonchev–Trinajstić information content (AvgIpc) is 2.83. The molecule has 3 rings (SSSR count). The van der Waals surface area contributed by atoms with E-state index in [0.29, 0.717) is 12.2 Å². The number of hydrogen-bond acceptors (Lipinski definition) is 4. The Hall–Kier alpha value is -0.980. The van der Waals surface area contributed by atoms with Crippen LogP contribution in [0.5, 0.6) is 0 Å². The Labute approximate surface area is 127 Å². The molecule has 0 saturated carbocycles. The molecule has 3 nitrogen and oxygen atoms in total. The molecule has 0 aliphatic carbocycles. The van der Waals surface area contributed by atoms with E-state index in [-0.39, 0.29) is 5.91 Å². The van der Waals surface area contributed by atoms with Crippen LogP contribution in [0.25, 0.3) is 0 Å². The zero-order valence-corrected chi connectivity index (χ0v) is 13.1. The molecule has 0 saturated heterocycles. The van der Waals surface area contributed by atoms with E-state index in [1.165, 1.54) is 11.3 Å². The molecule has 1 aromatic carbocycles. The fourth-order valence-corrected chi connectivity index (χ4v) is 4.48. The van der Waals surface area contributed by atoms with Crippen LogP contribution in [0.1, 0.15) is 9.67 Å². The molecule has 6 heteroatoms. The molecule has 0 bridgehead atoms. The minimum Gasteiger partial charge on any atom is -0.399 e. The number of amides is 1. The number of halogens is 1. The van der Waals surface area contributed by atoms with E-state index in [1.54, 1.807) is 11.8 Å². The minimum absolute atomic E-state index is 0.0361.